The molecular formula is C18H26O7. The highest BCUT2D eigenvalue weighted by molar-refractivity contribution is 5.94. The molecule has 7 nitrogen and oxygen atoms in total. The fraction of sp³-hybridized carbons (Fsp3) is 0.611. The number of cyclic esters (lactones) is 1. The van der Waals surface area contributed by atoms with E-state index in [4.69, 9.17) is 4.74 Å². The van der Waals surface area contributed by atoms with Crippen LogP contribution in [0.5, 0.6) is 11.5 Å². The summed E-state index contributed by atoms with van der Waals surface area (Å²) in [5.41, 5.74) is 0.204. The minimum absolute atomic E-state index is 0.00356. The zero-order valence-electron chi connectivity index (χ0n) is 14.3. The number of ether oxygens (including phenoxy) is 1. The molecule has 1 unspecified atom stereocenters. The Kier molecular flexibility index (Phi) is 6.64. The predicted molar refractivity (Wildman–Crippen MR) is 89.5 cm³/mol. The number of carbonyl (C=O) groups excluding carboxylic acids is 1. The first-order valence-corrected chi connectivity index (χ1v) is 8.58. The van der Waals surface area contributed by atoms with Crippen LogP contribution < -0.4 is 0 Å². The summed E-state index contributed by atoms with van der Waals surface area (Å²) in [4.78, 5) is 12.4. The maximum absolute atomic E-state index is 12.4. The van der Waals surface area contributed by atoms with Gasteiger partial charge in [-0.05, 0) is 57.1 Å². The van der Waals surface area contributed by atoms with Crippen LogP contribution in [0.15, 0.2) is 12.1 Å². The van der Waals surface area contributed by atoms with Gasteiger partial charge in [0.2, 0.25) is 0 Å². The van der Waals surface area contributed by atoms with E-state index in [-0.39, 0.29) is 36.1 Å². The normalized spacial score (nSPS) is 29.4. The third-order valence-electron chi connectivity index (χ3n) is 4.50. The van der Waals surface area contributed by atoms with E-state index in [1.165, 1.54) is 6.07 Å². The lowest BCUT2D eigenvalue weighted by Gasteiger charge is -2.22. The summed E-state index contributed by atoms with van der Waals surface area (Å²) in [5.74, 6) is -1.34. The van der Waals surface area contributed by atoms with Crippen LogP contribution in [0.25, 0.3) is 0 Å². The minimum Gasteiger partial charge on any atom is -0.508 e. The van der Waals surface area contributed by atoms with Gasteiger partial charge in [0.05, 0.1) is 24.4 Å². The second kappa shape index (κ2) is 8.51. The van der Waals surface area contributed by atoms with Crippen LogP contribution in [0.4, 0.5) is 0 Å². The van der Waals surface area contributed by atoms with Gasteiger partial charge in [0.1, 0.15) is 17.1 Å². The molecule has 25 heavy (non-hydrogen) atoms. The molecule has 2 rings (SSSR count). The van der Waals surface area contributed by atoms with Crippen molar-refractivity contribution in [1.29, 1.82) is 0 Å². The summed E-state index contributed by atoms with van der Waals surface area (Å²) < 4.78 is 5.33. The highest BCUT2D eigenvalue weighted by Gasteiger charge is 2.25. The van der Waals surface area contributed by atoms with Crippen LogP contribution in [0.3, 0.4) is 0 Å². The molecule has 7 heteroatoms. The zero-order chi connectivity index (χ0) is 18.6. The average Bonchev–Trinajstić information content (AvgIpc) is 2.50. The summed E-state index contributed by atoms with van der Waals surface area (Å²) in [5, 5.41) is 49.8. The van der Waals surface area contributed by atoms with Crippen LogP contribution in [-0.4, -0.2) is 55.9 Å². The summed E-state index contributed by atoms with van der Waals surface area (Å²) in [6, 6.07) is 2.36. The molecule has 0 fully saturated rings. The molecule has 0 saturated carbocycles. The van der Waals surface area contributed by atoms with Crippen molar-refractivity contribution in [2.24, 2.45) is 0 Å². The Balaban J connectivity index is 2.30. The predicted octanol–water partition coefficient (Wildman–Crippen LogP) is 1.23. The van der Waals surface area contributed by atoms with Crippen molar-refractivity contribution in [3.8, 4) is 11.5 Å². The van der Waals surface area contributed by atoms with Gasteiger partial charge in [0.15, 0.2) is 0 Å². The van der Waals surface area contributed by atoms with Gasteiger partial charge in [-0.1, -0.05) is 0 Å². The molecule has 1 aromatic rings. The second-order valence-corrected chi connectivity index (χ2v) is 6.72. The number of hydrogen-bond acceptors (Lipinski definition) is 7. The molecule has 0 bridgehead atoms. The van der Waals surface area contributed by atoms with Crippen molar-refractivity contribution in [3.05, 3.63) is 23.3 Å². The standard InChI is InChI=1S/C18H26O7/c1-10-3-2-4-14(21)15(22)6-5-12(19)7-11-8-13(20)9-16(23)17(11)18(24)25-10/h8-10,12,14-15,19-23H,2-7H2,1H3/t10-,12?,14+,15-/m0/s1. The van der Waals surface area contributed by atoms with E-state index >= 15 is 0 Å². The molecule has 0 aliphatic carbocycles. The average molecular weight is 354 g/mol. The van der Waals surface area contributed by atoms with Gasteiger partial charge >= 0.3 is 5.97 Å². The smallest absolute Gasteiger partial charge is 0.342 e. The number of esters is 1. The first-order valence-electron chi connectivity index (χ1n) is 8.58. The van der Waals surface area contributed by atoms with Crippen LogP contribution >= 0.6 is 0 Å². The van der Waals surface area contributed by atoms with Crippen molar-refractivity contribution >= 4 is 5.97 Å². The molecule has 1 aliphatic heterocycles. The van der Waals surface area contributed by atoms with Crippen molar-refractivity contribution in [1.82, 2.24) is 0 Å². The molecule has 1 aromatic carbocycles. The number of aliphatic hydroxyl groups excluding tert-OH is 3. The summed E-state index contributed by atoms with van der Waals surface area (Å²) in [7, 11) is 0. The molecule has 5 N–H and O–H groups in total. The van der Waals surface area contributed by atoms with E-state index in [1.54, 1.807) is 6.92 Å². The van der Waals surface area contributed by atoms with Gasteiger partial charge in [0, 0.05) is 6.07 Å². The number of fused-ring (bicyclic) bond motifs is 1. The summed E-state index contributed by atoms with van der Waals surface area (Å²) in [6.45, 7) is 1.71. The van der Waals surface area contributed by atoms with E-state index < -0.39 is 36.1 Å². The topological polar surface area (TPSA) is 127 Å². The monoisotopic (exact) mass is 354 g/mol. The summed E-state index contributed by atoms with van der Waals surface area (Å²) >= 11 is 0. The number of benzene rings is 1. The number of rotatable bonds is 0. The maximum atomic E-state index is 12.4. The molecule has 1 aliphatic rings. The lowest BCUT2D eigenvalue weighted by molar-refractivity contribution is -0.00309. The fourth-order valence-electron chi connectivity index (χ4n) is 3.08. The lowest BCUT2D eigenvalue weighted by Crippen LogP contribution is -2.28. The van der Waals surface area contributed by atoms with Crippen molar-refractivity contribution in [2.45, 2.75) is 69.9 Å². The number of aromatic hydroxyl groups is 2. The van der Waals surface area contributed by atoms with Crippen molar-refractivity contribution < 1.29 is 35.1 Å². The quantitative estimate of drug-likeness (QED) is 0.443. The number of phenolic OH excluding ortho intramolecular Hbond substituents is 2. The molecular weight excluding hydrogens is 328 g/mol. The lowest BCUT2D eigenvalue weighted by atomic mass is 9.95. The number of phenols is 2. The Hall–Kier alpha value is -1.83. The van der Waals surface area contributed by atoms with Crippen LogP contribution in [0, 0.1) is 0 Å². The molecule has 0 spiro atoms. The highest BCUT2D eigenvalue weighted by Crippen LogP contribution is 2.30. The van der Waals surface area contributed by atoms with E-state index in [0.29, 0.717) is 19.3 Å². The fourth-order valence-corrected chi connectivity index (χ4v) is 3.08. The zero-order valence-corrected chi connectivity index (χ0v) is 14.3. The Bertz CT molecular complexity index is 601. The Morgan fingerprint density at radius 3 is 2.40 bits per heavy atom. The largest absolute Gasteiger partial charge is 0.508 e. The number of hydrogen-bond donors (Lipinski definition) is 5. The van der Waals surface area contributed by atoms with Crippen LogP contribution in [-0.2, 0) is 11.2 Å². The van der Waals surface area contributed by atoms with Crippen LogP contribution in [0.1, 0.15) is 54.9 Å². The molecule has 0 saturated heterocycles. The third-order valence-corrected chi connectivity index (χ3v) is 4.50. The highest BCUT2D eigenvalue weighted by atomic mass is 16.5. The maximum Gasteiger partial charge on any atom is 0.342 e. The second-order valence-electron chi connectivity index (χ2n) is 6.72. The third kappa shape index (κ3) is 5.32. The van der Waals surface area contributed by atoms with Gasteiger partial charge in [-0.3, -0.25) is 0 Å². The molecule has 0 amide bonds. The van der Waals surface area contributed by atoms with Gasteiger partial charge in [0.25, 0.3) is 0 Å². The van der Waals surface area contributed by atoms with Gasteiger partial charge < -0.3 is 30.3 Å². The van der Waals surface area contributed by atoms with E-state index in [1.807, 2.05) is 0 Å². The van der Waals surface area contributed by atoms with E-state index in [9.17, 15) is 30.3 Å². The molecule has 0 aromatic heterocycles. The SMILES string of the molecule is C[C@H]1CCC[C@@H](O)[C@@H](O)CCC(O)Cc2cc(O)cc(O)c2C(=O)O1. The van der Waals surface area contributed by atoms with Gasteiger partial charge in [-0.2, -0.15) is 0 Å². The van der Waals surface area contributed by atoms with Crippen LogP contribution in [0.2, 0.25) is 0 Å². The Morgan fingerprint density at radius 2 is 1.68 bits per heavy atom. The van der Waals surface area contributed by atoms with Crippen molar-refractivity contribution in [2.75, 3.05) is 0 Å². The number of carbonyl (C=O) groups is 1. The minimum atomic E-state index is -0.938. The first kappa shape index (κ1) is 19.5. The first-order chi connectivity index (χ1) is 11.8. The molecule has 140 valence electrons. The Labute approximate surface area is 146 Å². The number of aliphatic hydroxyl groups is 3. The summed E-state index contributed by atoms with van der Waals surface area (Å²) in [6.07, 6.45) is -1.32. The molecule has 0 radical (unpaired) electrons. The molecule has 4 atom stereocenters. The van der Waals surface area contributed by atoms with E-state index in [0.717, 1.165) is 6.07 Å². The van der Waals surface area contributed by atoms with E-state index in [2.05, 4.69) is 0 Å². The Morgan fingerprint density at radius 1 is 1.00 bits per heavy atom. The van der Waals surface area contributed by atoms with Gasteiger partial charge in [-0.15, -0.1) is 0 Å². The van der Waals surface area contributed by atoms with Gasteiger partial charge in [-0.25, -0.2) is 4.79 Å². The molecule has 1 heterocycles. The van der Waals surface area contributed by atoms with Crippen molar-refractivity contribution in [3.63, 3.8) is 0 Å².